The van der Waals surface area contributed by atoms with Gasteiger partial charge in [0, 0.05) is 50.1 Å². The molecule has 0 unspecified atom stereocenters. The molecule has 0 N–H and O–H groups in total. The van der Waals surface area contributed by atoms with Crippen LogP contribution in [0.3, 0.4) is 0 Å². The maximum Gasteiger partial charge on any atom is 0.245 e. The summed E-state index contributed by atoms with van der Waals surface area (Å²) < 4.78 is 28.1. The Morgan fingerprint density at radius 2 is 1.73 bits per heavy atom. The Balaban J connectivity index is 1.59. The lowest BCUT2D eigenvalue weighted by Crippen LogP contribution is -2.41. The van der Waals surface area contributed by atoms with Gasteiger partial charge in [-0.25, -0.2) is 0 Å². The van der Waals surface area contributed by atoms with Gasteiger partial charge in [-0.2, -0.15) is 0 Å². The van der Waals surface area contributed by atoms with Crippen molar-refractivity contribution in [1.29, 1.82) is 0 Å². The lowest BCUT2D eigenvalue weighted by molar-refractivity contribution is -0.127. The zero-order valence-corrected chi connectivity index (χ0v) is 23.3. The predicted molar refractivity (Wildman–Crippen MR) is 154 cm³/mol. The van der Waals surface area contributed by atoms with Crippen molar-refractivity contribution in [3.8, 4) is 35.0 Å². The summed E-state index contributed by atoms with van der Waals surface area (Å²) in [5.74, 6) is 3.69. The fourth-order valence-electron chi connectivity index (χ4n) is 4.43. The molecular formula is C32H39NO7. The Hall–Kier alpha value is -3.64. The number of benzene rings is 2. The largest absolute Gasteiger partial charge is 0.496 e. The van der Waals surface area contributed by atoms with E-state index in [9.17, 15) is 9.59 Å². The third-order valence-corrected chi connectivity index (χ3v) is 6.50. The van der Waals surface area contributed by atoms with Gasteiger partial charge in [-0.3, -0.25) is 9.59 Å². The van der Waals surface area contributed by atoms with Crippen molar-refractivity contribution in [1.82, 2.24) is 4.90 Å². The second-order valence-electron chi connectivity index (χ2n) is 9.30. The van der Waals surface area contributed by atoms with Gasteiger partial charge in [0.15, 0.2) is 5.78 Å². The molecule has 0 spiro atoms. The van der Waals surface area contributed by atoms with Gasteiger partial charge in [-0.15, -0.1) is 6.42 Å². The van der Waals surface area contributed by atoms with E-state index in [1.165, 1.54) is 6.08 Å². The molecule has 2 aromatic rings. The summed E-state index contributed by atoms with van der Waals surface area (Å²) in [7, 11) is 1.63. The highest BCUT2D eigenvalue weighted by Gasteiger charge is 2.23. The van der Waals surface area contributed by atoms with Gasteiger partial charge in [0.25, 0.3) is 0 Å². The van der Waals surface area contributed by atoms with Crippen molar-refractivity contribution >= 4 is 11.7 Å². The first kappa shape index (κ1) is 30.9. The molecule has 8 heteroatoms. The number of amides is 1. The zero-order valence-electron chi connectivity index (χ0n) is 23.3. The number of ether oxygens (including phenoxy) is 5. The monoisotopic (exact) mass is 549 g/mol. The Kier molecular flexibility index (Phi) is 13.2. The first-order valence-electron chi connectivity index (χ1n) is 13.6. The fraction of sp³-hybridized carbons (Fsp3) is 0.438. The molecule has 8 nitrogen and oxygen atoms in total. The van der Waals surface area contributed by atoms with E-state index in [-0.39, 0.29) is 24.4 Å². The van der Waals surface area contributed by atoms with Crippen LogP contribution >= 0.6 is 0 Å². The summed E-state index contributed by atoms with van der Waals surface area (Å²) >= 11 is 0. The Morgan fingerprint density at radius 1 is 1.02 bits per heavy atom. The summed E-state index contributed by atoms with van der Waals surface area (Å²) in [4.78, 5) is 26.9. The number of terminal acetylenes is 1. The minimum absolute atomic E-state index is 0.0125. The van der Waals surface area contributed by atoms with Crippen LogP contribution in [-0.2, 0) is 19.0 Å². The normalized spacial score (nSPS) is 13.4. The van der Waals surface area contributed by atoms with E-state index in [1.807, 2.05) is 36.4 Å². The zero-order chi connectivity index (χ0) is 28.6. The molecule has 1 fully saturated rings. The van der Waals surface area contributed by atoms with Gasteiger partial charge in [-0.05, 0) is 42.3 Å². The number of ketones is 1. The van der Waals surface area contributed by atoms with Crippen LogP contribution in [0.4, 0.5) is 0 Å². The number of Topliss-reactive ketones (excluding diaryl/α,β-unsaturated/α-hetero) is 1. The fourth-order valence-corrected chi connectivity index (χ4v) is 4.43. The van der Waals surface area contributed by atoms with Crippen LogP contribution in [0.2, 0.25) is 0 Å². The molecule has 0 saturated carbocycles. The molecule has 2 aromatic carbocycles. The van der Waals surface area contributed by atoms with Crippen LogP contribution in [0.5, 0.6) is 11.5 Å². The van der Waals surface area contributed by atoms with E-state index in [2.05, 4.69) is 12.5 Å². The van der Waals surface area contributed by atoms with E-state index < -0.39 is 0 Å². The van der Waals surface area contributed by atoms with E-state index >= 15 is 0 Å². The molecule has 3 rings (SSSR count). The minimum Gasteiger partial charge on any atom is -0.496 e. The van der Waals surface area contributed by atoms with Gasteiger partial charge >= 0.3 is 0 Å². The molecule has 1 amide bonds. The Labute approximate surface area is 237 Å². The highest BCUT2D eigenvalue weighted by molar-refractivity contribution is 5.98. The number of rotatable bonds is 17. The summed E-state index contributed by atoms with van der Waals surface area (Å²) in [6.07, 6.45) is 8.76. The number of hydrogen-bond donors (Lipinski definition) is 0. The number of para-hydroxylation sites is 1. The van der Waals surface area contributed by atoms with Crippen LogP contribution in [0, 0.1) is 12.3 Å². The number of hydrogen-bond acceptors (Lipinski definition) is 7. The van der Waals surface area contributed by atoms with Crippen molar-refractivity contribution in [2.75, 3.05) is 59.8 Å². The highest BCUT2D eigenvalue weighted by Crippen LogP contribution is 2.34. The number of carbonyl (C=O) groups excluding carboxylic acids is 2. The smallest absolute Gasteiger partial charge is 0.245 e. The molecule has 1 aliphatic heterocycles. The Morgan fingerprint density at radius 3 is 2.42 bits per heavy atom. The SMILES string of the molecule is C#CCOCCOCCOCCCC(=O)c1cc(OC2CCN(C(=O)C=C)CC2)cc(-c2ccccc2OC)c1. The molecular weight excluding hydrogens is 510 g/mol. The first-order valence-corrected chi connectivity index (χ1v) is 13.6. The van der Waals surface area contributed by atoms with Gasteiger partial charge in [0.1, 0.15) is 24.2 Å². The summed E-state index contributed by atoms with van der Waals surface area (Å²) in [6.45, 7) is 7.34. The molecule has 0 aliphatic carbocycles. The Bertz CT molecular complexity index is 1150. The van der Waals surface area contributed by atoms with Crippen molar-refractivity contribution in [3.05, 3.63) is 60.7 Å². The van der Waals surface area contributed by atoms with E-state index in [1.54, 1.807) is 18.1 Å². The standard InChI is InChI=1S/C32H39NO7/c1-4-16-37-18-20-39-21-19-38-17-8-10-30(34)26-22-25(29-9-6-7-11-31(29)36-3)23-28(24-26)40-27-12-14-33(15-13-27)32(35)5-2/h1,5-7,9,11,22-24,27H,2,8,10,12-21H2,3H3. The van der Waals surface area contributed by atoms with Gasteiger partial charge in [-0.1, -0.05) is 30.7 Å². The van der Waals surface area contributed by atoms with E-state index in [0.29, 0.717) is 88.9 Å². The number of piperidine rings is 1. The van der Waals surface area contributed by atoms with Crippen LogP contribution in [-0.4, -0.2) is 82.5 Å². The van der Waals surface area contributed by atoms with Gasteiger partial charge in [0.2, 0.25) is 5.91 Å². The molecule has 1 heterocycles. The third kappa shape index (κ3) is 9.83. The molecule has 0 aromatic heterocycles. The van der Waals surface area contributed by atoms with Crippen molar-refractivity contribution in [2.24, 2.45) is 0 Å². The lowest BCUT2D eigenvalue weighted by Gasteiger charge is -2.31. The predicted octanol–water partition coefficient (Wildman–Crippen LogP) is 4.56. The van der Waals surface area contributed by atoms with Crippen molar-refractivity contribution in [3.63, 3.8) is 0 Å². The third-order valence-electron chi connectivity index (χ3n) is 6.50. The van der Waals surface area contributed by atoms with Crippen LogP contribution in [0.1, 0.15) is 36.0 Å². The highest BCUT2D eigenvalue weighted by atomic mass is 16.5. The number of likely N-dealkylation sites (tertiary alicyclic amines) is 1. The van der Waals surface area contributed by atoms with E-state index in [4.69, 9.17) is 30.1 Å². The van der Waals surface area contributed by atoms with Gasteiger partial charge < -0.3 is 28.6 Å². The second kappa shape index (κ2) is 17.1. The van der Waals surface area contributed by atoms with Crippen LogP contribution in [0.15, 0.2) is 55.1 Å². The summed E-state index contributed by atoms with van der Waals surface area (Å²) in [5.41, 5.74) is 2.30. The van der Waals surface area contributed by atoms with Crippen LogP contribution in [0.25, 0.3) is 11.1 Å². The molecule has 214 valence electrons. The molecule has 0 radical (unpaired) electrons. The van der Waals surface area contributed by atoms with E-state index in [0.717, 1.165) is 11.1 Å². The molecule has 1 saturated heterocycles. The molecule has 0 bridgehead atoms. The first-order chi connectivity index (χ1) is 19.5. The second-order valence-corrected chi connectivity index (χ2v) is 9.30. The maximum atomic E-state index is 13.2. The topological polar surface area (TPSA) is 83.5 Å². The lowest BCUT2D eigenvalue weighted by atomic mass is 9.98. The van der Waals surface area contributed by atoms with Crippen molar-refractivity contribution in [2.45, 2.75) is 31.8 Å². The maximum absolute atomic E-state index is 13.2. The quantitative estimate of drug-likeness (QED) is 0.124. The number of methoxy groups -OCH3 is 1. The number of carbonyl (C=O) groups is 2. The van der Waals surface area contributed by atoms with Crippen molar-refractivity contribution < 1.29 is 33.3 Å². The average molecular weight is 550 g/mol. The number of nitrogens with zero attached hydrogens (tertiary/aromatic N) is 1. The van der Waals surface area contributed by atoms with Crippen LogP contribution < -0.4 is 9.47 Å². The molecule has 1 aliphatic rings. The minimum atomic E-state index is -0.0632. The summed E-state index contributed by atoms with van der Waals surface area (Å²) in [6, 6.07) is 13.3. The van der Waals surface area contributed by atoms with Gasteiger partial charge in [0.05, 0.1) is 33.5 Å². The summed E-state index contributed by atoms with van der Waals surface area (Å²) in [5, 5.41) is 0. The average Bonchev–Trinajstić information content (AvgIpc) is 2.99. The molecule has 40 heavy (non-hydrogen) atoms. The molecule has 0 atom stereocenters.